The van der Waals surface area contributed by atoms with Crippen molar-refractivity contribution in [2.75, 3.05) is 26.4 Å². The largest absolute Gasteiger partial charge is 0.482 e. The van der Waals surface area contributed by atoms with Crippen molar-refractivity contribution in [2.45, 2.75) is 13.8 Å². The lowest BCUT2D eigenvalue weighted by atomic mass is 9.89. The minimum Gasteiger partial charge on any atom is -0.482 e. The van der Waals surface area contributed by atoms with E-state index in [-0.39, 0.29) is 17.9 Å². The van der Waals surface area contributed by atoms with Gasteiger partial charge in [0.2, 0.25) is 0 Å². The van der Waals surface area contributed by atoms with Gasteiger partial charge in [0, 0.05) is 12.0 Å². The van der Waals surface area contributed by atoms with Crippen molar-refractivity contribution < 1.29 is 14.3 Å². The van der Waals surface area contributed by atoms with Crippen LogP contribution < -0.4 is 10.1 Å². The normalized spacial score (nSPS) is 16.6. The summed E-state index contributed by atoms with van der Waals surface area (Å²) in [6, 6.07) is 5.47. The fourth-order valence-electron chi connectivity index (χ4n) is 1.78. The number of hydrogen-bond donors (Lipinski definition) is 1. The molecule has 0 unspecified atom stereocenters. The Balaban J connectivity index is 1.78. The molecule has 1 fully saturated rings. The Labute approximate surface area is 118 Å². The van der Waals surface area contributed by atoms with Crippen LogP contribution in [0.2, 0.25) is 5.02 Å². The van der Waals surface area contributed by atoms with E-state index in [2.05, 4.69) is 12.2 Å². The Kier molecular flexibility index (Phi) is 4.32. The van der Waals surface area contributed by atoms with Gasteiger partial charge in [-0.25, -0.2) is 0 Å². The van der Waals surface area contributed by atoms with Crippen LogP contribution in [0.4, 0.5) is 0 Å². The number of carbonyl (C=O) groups excluding carboxylic acids is 1. The van der Waals surface area contributed by atoms with Crippen molar-refractivity contribution in [1.29, 1.82) is 0 Å². The molecule has 0 bridgehead atoms. The van der Waals surface area contributed by atoms with Crippen LogP contribution in [0.25, 0.3) is 0 Å². The predicted octanol–water partition coefficient (Wildman–Crippen LogP) is 2.18. The van der Waals surface area contributed by atoms with Gasteiger partial charge >= 0.3 is 0 Å². The lowest BCUT2D eigenvalue weighted by Crippen LogP contribution is -2.49. The molecule has 4 nitrogen and oxygen atoms in total. The number of benzene rings is 1. The van der Waals surface area contributed by atoms with Gasteiger partial charge in [-0.2, -0.15) is 0 Å². The van der Waals surface area contributed by atoms with E-state index in [4.69, 9.17) is 21.1 Å². The van der Waals surface area contributed by atoms with E-state index in [0.29, 0.717) is 30.5 Å². The molecule has 0 atom stereocenters. The van der Waals surface area contributed by atoms with Crippen molar-refractivity contribution in [3.05, 3.63) is 28.8 Å². The molecule has 0 aliphatic carbocycles. The van der Waals surface area contributed by atoms with E-state index in [1.807, 2.05) is 19.1 Å². The minimum atomic E-state index is -0.148. The van der Waals surface area contributed by atoms with Gasteiger partial charge in [-0.15, -0.1) is 0 Å². The summed E-state index contributed by atoms with van der Waals surface area (Å²) >= 11 is 5.99. The van der Waals surface area contributed by atoms with Crippen LogP contribution in [0.15, 0.2) is 18.2 Å². The highest BCUT2D eigenvalue weighted by atomic mass is 35.5. The number of ether oxygens (including phenoxy) is 2. The molecule has 0 spiro atoms. The van der Waals surface area contributed by atoms with Crippen LogP contribution in [0.5, 0.6) is 5.75 Å². The number of aryl methyl sites for hydroxylation is 1. The Morgan fingerprint density at radius 2 is 2.26 bits per heavy atom. The second kappa shape index (κ2) is 5.80. The molecule has 1 aromatic carbocycles. The Hall–Kier alpha value is -1.26. The molecule has 2 rings (SSSR count). The summed E-state index contributed by atoms with van der Waals surface area (Å²) in [6.07, 6.45) is 0. The molecular weight excluding hydrogens is 266 g/mol. The molecule has 0 radical (unpaired) electrons. The Morgan fingerprint density at radius 1 is 1.53 bits per heavy atom. The summed E-state index contributed by atoms with van der Waals surface area (Å²) < 4.78 is 10.5. The average Bonchev–Trinajstić information content (AvgIpc) is 2.35. The molecular formula is C14H18ClNO3. The minimum absolute atomic E-state index is 0.0277. The van der Waals surface area contributed by atoms with Crippen LogP contribution in [0.3, 0.4) is 0 Å². The number of halogens is 1. The fourth-order valence-corrected chi connectivity index (χ4v) is 1.95. The van der Waals surface area contributed by atoms with Gasteiger partial charge in [0.25, 0.3) is 5.91 Å². The first-order valence-electron chi connectivity index (χ1n) is 6.22. The smallest absolute Gasteiger partial charge is 0.257 e. The van der Waals surface area contributed by atoms with E-state index in [0.717, 1.165) is 5.56 Å². The van der Waals surface area contributed by atoms with E-state index in [1.54, 1.807) is 6.07 Å². The summed E-state index contributed by atoms with van der Waals surface area (Å²) in [7, 11) is 0. The van der Waals surface area contributed by atoms with Gasteiger partial charge in [0.15, 0.2) is 6.61 Å². The third-order valence-electron chi connectivity index (χ3n) is 3.06. The SMILES string of the molecule is Cc1ccc(Cl)c(OCC(=O)NCC2(C)COC2)c1. The van der Waals surface area contributed by atoms with Gasteiger partial charge < -0.3 is 14.8 Å². The maximum absolute atomic E-state index is 11.7. The zero-order valence-corrected chi connectivity index (χ0v) is 11.9. The zero-order valence-electron chi connectivity index (χ0n) is 11.2. The van der Waals surface area contributed by atoms with E-state index in [1.165, 1.54) is 0 Å². The highest BCUT2D eigenvalue weighted by molar-refractivity contribution is 6.32. The molecule has 1 aliphatic heterocycles. The third kappa shape index (κ3) is 3.85. The molecule has 1 heterocycles. The van der Waals surface area contributed by atoms with Crippen LogP contribution in [-0.4, -0.2) is 32.3 Å². The average molecular weight is 284 g/mol. The number of amides is 1. The topological polar surface area (TPSA) is 47.6 Å². The van der Waals surface area contributed by atoms with E-state index >= 15 is 0 Å². The first kappa shape index (κ1) is 14.2. The monoisotopic (exact) mass is 283 g/mol. The van der Waals surface area contributed by atoms with E-state index < -0.39 is 0 Å². The summed E-state index contributed by atoms with van der Waals surface area (Å²) in [5, 5.41) is 3.35. The number of nitrogens with one attached hydrogen (secondary N) is 1. The van der Waals surface area contributed by atoms with Crippen molar-refractivity contribution in [2.24, 2.45) is 5.41 Å². The first-order valence-corrected chi connectivity index (χ1v) is 6.60. The van der Waals surface area contributed by atoms with Crippen LogP contribution in [-0.2, 0) is 9.53 Å². The van der Waals surface area contributed by atoms with Crippen LogP contribution in [0.1, 0.15) is 12.5 Å². The summed E-state index contributed by atoms with van der Waals surface area (Å²) in [5.74, 6) is 0.390. The maximum atomic E-state index is 11.7. The number of hydrogen-bond acceptors (Lipinski definition) is 3. The quantitative estimate of drug-likeness (QED) is 0.901. The van der Waals surface area contributed by atoms with Crippen molar-refractivity contribution in [3.8, 4) is 5.75 Å². The molecule has 19 heavy (non-hydrogen) atoms. The van der Waals surface area contributed by atoms with Crippen LogP contribution in [0, 0.1) is 12.3 Å². The molecule has 1 N–H and O–H groups in total. The van der Waals surface area contributed by atoms with Crippen molar-refractivity contribution in [1.82, 2.24) is 5.32 Å². The summed E-state index contributed by atoms with van der Waals surface area (Å²) in [6.45, 7) is 5.99. The second-order valence-corrected chi connectivity index (χ2v) is 5.71. The van der Waals surface area contributed by atoms with Crippen molar-refractivity contribution in [3.63, 3.8) is 0 Å². The zero-order chi connectivity index (χ0) is 13.9. The molecule has 104 valence electrons. The van der Waals surface area contributed by atoms with Gasteiger partial charge in [-0.3, -0.25) is 4.79 Å². The molecule has 1 aromatic rings. The van der Waals surface area contributed by atoms with Gasteiger partial charge in [0.05, 0.1) is 18.2 Å². The standard InChI is InChI=1S/C14H18ClNO3/c1-10-3-4-11(15)12(5-10)19-6-13(17)16-7-14(2)8-18-9-14/h3-5H,6-9H2,1-2H3,(H,16,17). The predicted molar refractivity (Wildman–Crippen MR) is 73.6 cm³/mol. The third-order valence-corrected chi connectivity index (χ3v) is 3.37. The van der Waals surface area contributed by atoms with Gasteiger partial charge in [-0.1, -0.05) is 24.6 Å². The summed E-state index contributed by atoms with van der Waals surface area (Å²) in [5.41, 5.74) is 1.11. The molecule has 0 saturated carbocycles. The lowest BCUT2D eigenvalue weighted by molar-refractivity contribution is -0.128. The van der Waals surface area contributed by atoms with Crippen LogP contribution >= 0.6 is 11.6 Å². The Bertz CT molecular complexity index is 472. The van der Waals surface area contributed by atoms with Gasteiger partial charge in [0.1, 0.15) is 5.75 Å². The van der Waals surface area contributed by atoms with Gasteiger partial charge in [-0.05, 0) is 24.6 Å². The first-order chi connectivity index (χ1) is 8.98. The number of carbonyl (C=O) groups is 1. The Morgan fingerprint density at radius 3 is 2.89 bits per heavy atom. The molecule has 1 aliphatic rings. The second-order valence-electron chi connectivity index (χ2n) is 5.30. The molecule has 0 aromatic heterocycles. The molecule has 1 amide bonds. The number of rotatable bonds is 5. The fraction of sp³-hybridized carbons (Fsp3) is 0.500. The molecule has 1 saturated heterocycles. The maximum Gasteiger partial charge on any atom is 0.257 e. The summed E-state index contributed by atoms with van der Waals surface area (Å²) in [4.78, 5) is 11.7. The van der Waals surface area contributed by atoms with Crippen molar-refractivity contribution >= 4 is 17.5 Å². The highest BCUT2D eigenvalue weighted by Gasteiger charge is 2.33. The lowest BCUT2D eigenvalue weighted by Gasteiger charge is -2.37. The van der Waals surface area contributed by atoms with E-state index in [9.17, 15) is 4.79 Å². The molecule has 5 heteroatoms. The highest BCUT2D eigenvalue weighted by Crippen LogP contribution is 2.26.